The zero-order valence-corrected chi connectivity index (χ0v) is 13.1. The largest absolute Gasteiger partial charge is 0.350 e. The van der Waals surface area contributed by atoms with E-state index >= 15 is 0 Å². The number of aryl methyl sites for hydroxylation is 1. The molecule has 23 heavy (non-hydrogen) atoms. The molecule has 6 nitrogen and oxygen atoms in total. The molecule has 1 aliphatic rings. The van der Waals surface area contributed by atoms with Gasteiger partial charge in [-0.25, -0.2) is 4.98 Å². The first-order valence-corrected chi connectivity index (χ1v) is 7.69. The number of nitrogens with zero attached hydrogens (tertiary/aromatic N) is 4. The van der Waals surface area contributed by atoms with Crippen LogP contribution in [-0.2, 0) is 11.3 Å². The van der Waals surface area contributed by atoms with E-state index in [0.717, 1.165) is 23.3 Å². The van der Waals surface area contributed by atoms with Gasteiger partial charge in [-0.2, -0.15) is 10.2 Å². The second-order valence-electron chi connectivity index (χ2n) is 5.87. The van der Waals surface area contributed by atoms with Crippen molar-refractivity contribution in [2.45, 2.75) is 44.8 Å². The van der Waals surface area contributed by atoms with Gasteiger partial charge in [-0.05, 0) is 24.6 Å². The minimum Gasteiger partial charge on any atom is -0.350 e. The number of carbonyl (C=O) groups excluding carboxylic acids is 1. The average Bonchev–Trinajstić information content (AvgIpc) is 3.20. The minimum absolute atomic E-state index is 0.0179. The summed E-state index contributed by atoms with van der Waals surface area (Å²) in [5.74, 6) is 2.57. The molecule has 3 heterocycles. The van der Waals surface area contributed by atoms with Crippen LogP contribution in [0.1, 0.15) is 36.9 Å². The van der Waals surface area contributed by atoms with Gasteiger partial charge >= 0.3 is 0 Å². The van der Waals surface area contributed by atoms with E-state index in [1.165, 1.54) is 0 Å². The molecular weight excluding hydrogens is 290 g/mol. The third-order valence-corrected chi connectivity index (χ3v) is 3.94. The molecule has 0 atom stereocenters. The van der Waals surface area contributed by atoms with Crippen LogP contribution in [0.5, 0.6) is 0 Å². The van der Waals surface area contributed by atoms with Crippen molar-refractivity contribution in [3.05, 3.63) is 35.8 Å². The van der Waals surface area contributed by atoms with E-state index in [4.69, 9.17) is 6.42 Å². The summed E-state index contributed by atoms with van der Waals surface area (Å²) >= 11 is 0. The van der Waals surface area contributed by atoms with Crippen LogP contribution in [0.15, 0.2) is 34.8 Å². The molecule has 0 bridgehead atoms. The maximum atomic E-state index is 12.0. The molecule has 0 radical (unpaired) electrons. The first kappa shape index (κ1) is 15.2. The van der Waals surface area contributed by atoms with Crippen molar-refractivity contribution < 1.29 is 4.79 Å². The summed E-state index contributed by atoms with van der Waals surface area (Å²) in [4.78, 5) is 16.5. The molecule has 2 aromatic heterocycles. The molecule has 6 heteroatoms. The first-order valence-electron chi connectivity index (χ1n) is 7.69. The molecule has 0 aliphatic carbocycles. The summed E-state index contributed by atoms with van der Waals surface area (Å²) in [5, 5.41) is 11.0. The summed E-state index contributed by atoms with van der Waals surface area (Å²) in [6.45, 7) is 2.45. The fraction of sp³-hybridized carbons (Fsp3) is 0.412. The number of fused-ring (bicyclic) bond motifs is 1. The Labute approximate surface area is 135 Å². The molecule has 2 aromatic rings. The van der Waals surface area contributed by atoms with E-state index in [2.05, 4.69) is 26.4 Å². The topological polar surface area (TPSA) is 71.1 Å². The van der Waals surface area contributed by atoms with E-state index in [9.17, 15) is 4.79 Å². The van der Waals surface area contributed by atoms with Crippen LogP contribution < -0.4 is 5.32 Å². The molecule has 0 saturated carbocycles. The van der Waals surface area contributed by atoms with Gasteiger partial charge in [-0.3, -0.25) is 4.79 Å². The first-order chi connectivity index (χ1) is 11.1. The van der Waals surface area contributed by atoms with Gasteiger partial charge in [-0.1, -0.05) is 0 Å². The van der Waals surface area contributed by atoms with Gasteiger partial charge in [0.05, 0.1) is 12.2 Å². The van der Waals surface area contributed by atoms with Crippen LogP contribution in [0.2, 0.25) is 0 Å². The van der Waals surface area contributed by atoms with Crippen LogP contribution >= 0.6 is 0 Å². The third-order valence-electron chi connectivity index (χ3n) is 3.94. The number of rotatable bonds is 7. The normalized spacial score (nSPS) is 14.6. The minimum atomic E-state index is -0.398. The highest BCUT2D eigenvalue weighted by molar-refractivity contribution is 5.76. The molecule has 1 N–H and O–H groups in total. The van der Waals surface area contributed by atoms with Gasteiger partial charge in [0, 0.05) is 38.1 Å². The maximum absolute atomic E-state index is 12.0. The van der Waals surface area contributed by atoms with Crippen molar-refractivity contribution in [1.82, 2.24) is 14.7 Å². The highest BCUT2D eigenvalue weighted by atomic mass is 16.1. The summed E-state index contributed by atoms with van der Waals surface area (Å²) in [6.07, 6.45) is 11.5. The number of amides is 1. The van der Waals surface area contributed by atoms with E-state index in [1.807, 2.05) is 35.9 Å². The van der Waals surface area contributed by atoms with Crippen LogP contribution in [-0.4, -0.2) is 21.0 Å². The summed E-state index contributed by atoms with van der Waals surface area (Å²) < 4.78 is 1.95. The number of pyridine rings is 1. The lowest BCUT2D eigenvalue weighted by Crippen LogP contribution is -2.25. The molecule has 0 saturated heterocycles. The summed E-state index contributed by atoms with van der Waals surface area (Å²) in [5.41, 5.74) is 2.49. The monoisotopic (exact) mass is 309 g/mol. The van der Waals surface area contributed by atoms with Gasteiger partial charge in [0.2, 0.25) is 5.91 Å². The molecular formula is C17H19N5O. The van der Waals surface area contributed by atoms with Gasteiger partial charge in [0.1, 0.15) is 5.65 Å². The highest BCUT2D eigenvalue weighted by Crippen LogP contribution is 2.37. The lowest BCUT2D eigenvalue weighted by atomic mass is 10.0. The lowest BCUT2D eigenvalue weighted by molar-refractivity contribution is -0.121. The van der Waals surface area contributed by atoms with Crippen molar-refractivity contribution >= 4 is 11.6 Å². The number of hydrogen-bond donors (Lipinski definition) is 1. The Morgan fingerprint density at radius 3 is 3.00 bits per heavy atom. The smallest absolute Gasteiger partial charge is 0.220 e. The second-order valence-corrected chi connectivity index (χ2v) is 5.87. The number of imidazole rings is 1. The maximum Gasteiger partial charge on any atom is 0.220 e. The molecule has 0 fully saturated rings. The standard InChI is InChI=1S/C17H19N5O/c1-3-4-7-17(20-21-17)8-5-16(23)18-11-14-12-22-9-6-13(2)10-15(22)19-14/h1,6,9-10,12H,4-5,7-8,11H2,2H3,(H,18,23). The Balaban J connectivity index is 1.47. The van der Waals surface area contributed by atoms with Crippen LogP contribution in [0.25, 0.3) is 5.65 Å². The number of terminal acetylenes is 1. The zero-order chi connectivity index (χ0) is 16.3. The molecule has 0 spiro atoms. The zero-order valence-electron chi connectivity index (χ0n) is 13.1. The Hall–Kier alpha value is -2.68. The lowest BCUT2D eigenvalue weighted by Gasteiger charge is -2.08. The number of hydrogen-bond acceptors (Lipinski definition) is 4. The Morgan fingerprint density at radius 1 is 1.43 bits per heavy atom. The fourth-order valence-electron chi connectivity index (χ4n) is 2.48. The van der Waals surface area contributed by atoms with Crippen molar-refractivity contribution in [2.24, 2.45) is 10.2 Å². The third kappa shape index (κ3) is 3.75. The number of aromatic nitrogens is 2. The molecule has 1 aliphatic heterocycles. The Morgan fingerprint density at radius 2 is 2.26 bits per heavy atom. The molecule has 118 valence electrons. The number of nitrogens with one attached hydrogen (secondary N) is 1. The molecule has 0 aromatic carbocycles. The van der Waals surface area contributed by atoms with Crippen LogP contribution in [0.3, 0.4) is 0 Å². The quantitative estimate of drug-likeness (QED) is 0.799. The Kier molecular flexibility index (Phi) is 4.11. The predicted molar refractivity (Wildman–Crippen MR) is 86.7 cm³/mol. The van der Waals surface area contributed by atoms with E-state index < -0.39 is 5.66 Å². The second kappa shape index (κ2) is 6.21. The number of carbonyl (C=O) groups is 1. The highest BCUT2D eigenvalue weighted by Gasteiger charge is 2.39. The van der Waals surface area contributed by atoms with Crippen molar-refractivity contribution in [2.75, 3.05) is 0 Å². The fourth-order valence-corrected chi connectivity index (χ4v) is 2.48. The summed E-state index contributed by atoms with van der Waals surface area (Å²) in [7, 11) is 0. The van der Waals surface area contributed by atoms with E-state index in [1.54, 1.807) is 0 Å². The molecule has 3 rings (SSSR count). The van der Waals surface area contributed by atoms with Crippen molar-refractivity contribution in [3.63, 3.8) is 0 Å². The predicted octanol–water partition coefficient (Wildman–Crippen LogP) is 2.61. The SMILES string of the molecule is C#CCCC1(CCC(=O)NCc2cn3ccc(C)cc3n2)N=N1. The van der Waals surface area contributed by atoms with Crippen molar-refractivity contribution in [3.8, 4) is 12.3 Å². The average molecular weight is 309 g/mol. The van der Waals surface area contributed by atoms with Gasteiger partial charge in [0.15, 0.2) is 5.66 Å². The Bertz CT molecular complexity index is 793. The van der Waals surface area contributed by atoms with E-state index in [-0.39, 0.29) is 5.91 Å². The van der Waals surface area contributed by atoms with Gasteiger partial charge in [0.25, 0.3) is 0 Å². The van der Waals surface area contributed by atoms with Gasteiger partial charge in [-0.15, -0.1) is 12.3 Å². The van der Waals surface area contributed by atoms with E-state index in [0.29, 0.717) is 25.8 Å². The summed E-state index contributed by atoms with van der Waals surface area (Å²) in [6, 6.07) is 4.03. The molecule has 1 amide bonds. The van der Waals surface area contributed by atoms with Crippen molar-refractivity contribution in [1.29, 1.82) is 0 Å². The van der Waals surface area contributed by atoms with Crippen LogP contribution in [0.4, 0.5) is 0 Å². The van der Waals surface area contributed by atoms with Crippen LogP contribution in [0, 0.1) is 19.3 Å². The van der Waals surface area contributed by atoms with Gasteiger partial charge < -0.3 is 9.72 Å². The molecule has 0 unspecified atom stereocenters.